The number of methoxy groups -OCH3 is 1. The van der Waals surface area contributed by atoms with E-state index in [0.717, 1.165) is 12.1 Å². The van der Waals surface area contributed by atoms with E-state index in [0.29, 0.717) is 31.0 Å². The number of aromatic nitrogens is 3. The van der Waals surface area contributed by atoms with Gasteiger partial charge in [0.25, 0.3) is 5.91 Å². The van der Waals surface area contributed by atoms with E-state index in [2.05, 4.69) is 10.3 Å². The molecule has 7 nitrogen and oxygen atoms in total. The van der Waals surface area contributed by atoms with Crippen LogP contribution in [0.3, 0.4) is 0 Å². The van der Waals surface area contributed by atoms with Gasteiger partial charge in [-0.2, -0.15) is 0 Å². The van der Waals surface area contributed by atoms with Crippen molar-refractivity contribution in [1.29, 1.82) is 0 Å². The lowest BCUT2D eigenvalue weighted by molar-refractivity contribution is -0.0627. The standard InChI is InChI=1S/C16H18N4O3/c1-22-13-4-2-3-11(7-13)16(21)19-6-5-14-15(9-19)23-10-12-8-17-18-20(12)14/h2-4,7-8,14-15H,5-6,9-10H2,1H3/t14-,15-/m0/s1. The van der Waals surface area contributed by atoms with Crippen molar-refractivity contribution in [2.45, 2.75) is 25.2 Å². The van der Waals surface area contributed by atoms with Crippen LogP contribution in [0, 0.1) is 0 Å². The lowest BCUT2D eigenvalue weighted by Gasteiger charge is -2.41. The van der Waals surface area contributed by atoms with E-state index in [1.54, 1.807) is 19.4 Å². The summed E-state index contributed by atoms with van der Waals surface area (Å²) in [4.78, 5) is 14.6. The Labute approximate surface area is 133 Å². The van der Waals surface area contributed by atoms with E-state index in [4.69, 9.17) is 9.47 Å². The summed E-state index contributed by atoms with van der Waals surface area (Å²) in [7, 11) is 1.60. The van der Waals surface area contributed by atoms with Crippen molar-refractivity contribution in [3.63, 3.8) is 0 Å². The molecule has 7 heteroatoms. The zero-order valence-corrected chi connectivity index (χ0v) is 12.9. The molecule has 1 aromatic carbocycles. The molecule has 0 radical (unpaired) electrons. The average Bonchev–Trinajstić information content (AvgIpc) is 3.09. The topological polar surface area (TPSA) is 69.5 Å². The van der Waals surface area contributed by atoms with E-state index >= 15 is 0 Å². The zero-order valence-electron chi connectivity index (χ0n) is 12.9. The van der Waals surface area contributed by atoms with Crippen LogP contribution in [0.5, 0.6) is 5.75 Å². The van der Waals surface area contributed by atoms with Crippen molar-refractivity contribution in [3.05, 3.63) is 41.7 Å². The quantitative estimate of drug-likeness (QED) is 0.835. The maximum Gasteiger partial charge on any atom is 0.254 e. The molecule has 1 amide bonds. The number of carbonyl (C=O) groups excluding carboxylic acids is 1. The number of hydrogen-bond donors (Lipinski definition) is 0. The Balaban J connectivity index is 1.51. The van der Waals surface area contributed by atoms with Gasteiger partial charge in [-0.05, 0) is 24.6 Å². The molecule has 0 saturated carbocycles. The van der Waals surface area contributed by atoms with Crippen LogP contribution in [0.1, 0.15) is 28.5 Å². The maximum atomic E-state index is 12.7. The number of likely N-dealkylation sites (tertiary alicyclic amines) is 1. The van der Waals surface area contributed by atoms with Gasteiger partial charge in [0.2, 0.25) is 0 Å². The molecule has 0 unspecified atom stereocenters. The van der Waals surface area contributed by atoms with Gasteiger partial charge in [0.15, 0.2) is 0 Å². The van der Waals surface area contributed by atoms with Crippen molar-refractivity contribution >= 4 is 5.91 Å². The number of rotatable bonds is 2. The Morgan fingerprint density at radius 2 is 2.35 bits per heavy atom. The van der Waals surface area contributed by atoms with Crippen molar-refractivity contribution < 1.29 is 14.3 Å². The van der Waals surface area contributed by atoms with Crippen LogP contribution < -0.4 is 4.74 Å². The second kappa shape index (κ2) is 5.66. The summed E-state index contributed by atoms with van der Waals surface area (Å²) in [6, 6.07) is 7.41. The van der Waals surface area contributed by atoms with Crippen LogP contribution >= 0.6 is 0 Å². The highest BCUT2D eigenvalue weighted by Crippen LogP contribution is 2.31. The van der Waals surface area contributed by atoms with Crippen molar-refractivity contribution in [1.82, 2.24) is 19.9 Å². The van der Waals surface area contributed by atoms with Gasteiger partial charge in [0, 0.05) is 18.7 Å². The van der Waals surface area contributed by atoms with E-state index in [1.165, 1.54) is 0 Å². The summed E-state index contributed by atoms with van der Waals surface area (Å²) < 4.78 is 13.0. The first-order valence-electron chi connectivity index (χ1n) is 7.70. The van der Waals surface area contributed by atoms with E-state index in [9.17, 15) is 4.79 Å². The number of nitrogens with zero attached hydrogens (tertiary/aromatic N) is 4. The normalized spacial score (nSPS) is 23.1. The predicted octanol–water partition coefficient (Wildman–Crippen LogP) is 1.27. The number of piperidine rings is 1. The molecule has 2 aliphatic heterocycles. The minimum Gasteiger partial charge on any atom is -0.497 e. The Morgan fingerprint density at radius 3 is 3.22 bits per heavy atom. The summed E-state index contributed by atoms with van der Waals surface area (Å²) in [5.74, 6) is 0.697. The van der Waals surface area contributed by atoms with Gasteiger partial charge in [-0.1, -0.05) is 11.3 Å². The number of ether oxygens (including phenoxy) is 2. The van der Waals surface area contributed by atoms with Crippen molar-refractivity contribution in [3.8, 4) is 5.75 Å². The molecule has 23 heavy (non-hydrogen) atoms. The fourth-order valence-electron chi connectivity index (χ4n) is 3.31. The van der Waals surface area contributed by atoms with Crippen LogP contribution in [0.15, 0.2) is 30.5 Å². The van der Waals surface area contributed by atoms with Crippen LogP contribution in [-0.4, -0.2) is 52.1 Å². The second-order valence-corrected chi connectivity index (χ2v) is 5.86. The number of benzene rings is 1. The van der Waals surface area contributed by atoms with Gasteiger partial charge in [0.1, 0.15) is 5.75 Å². The Hall–Kier alpha value is -2.41. The molecule has 2 aromatic rings. The first kappa shape index (κ1) is 14.2. The molecule has 120 valence electrons. The summed E-state index contributed by atoms with van der Waals surface area (Å²) >= 11 is 0. The third-order valence-electron chi connectivity index (χ3n) is 4.54. The lowest BCUT2D eigenvalue weighted by atomic mass is 9.99. The molecular formula is C16H18N4O3. The molecular weight excluding hydrogens is 296 g/mol. The Kier molecular flexibility index (Phi) is 3.49. The average molecular weight is 314 g/mol. The highest BCUT2D eigenvalue weighted by Gasteiger charge is 2.37. The van der Waals surface area contributed by atoms with Gasteiger partial charge in [-0.15, -0.1) is 5.10 Å². The summed E-state index contributed by atoms with van der Waals surface area (Å²) in [5.41, 5.74) is 1.64. The molecule has 4 rings (SSSR count). The monoisotopic (exact) mass is 314 g/mol. The molecule has 0 spiro atoms. The predicted molar refractivity (Wildman–Crippen MR) is 81.2 cm³/mol. The van der Waals surface area contributed by atoms with Crippen LogP contribution in [0.25, 0.3) is 0 Å². The third kappa shape index (κ3) is 2.46. The number of carbonyl (C=O) groups is 1. The van der Waals surface area contributed by atoms with E-state index < -0.39 is 0 Å². The first-order chi connectivity index (χ1) is 11.3. The van der Waals surface area contributed by atoms with Gasteiger partial charge in [0.05, 0.1) is 37.8 Å². The van der Waals surface area contributed by atoms with Crippen LogP contribution in [-0.2, 0) is 11.3 Å². The molecule has 1 aromatic heterocycles. The highest BCUT2D eigenvalue weighted by molar-refractivity contribution is 5.94. The Morgan fingerprint density at radius 1 is 1.43 bits per heavy atom. The maximum absolute atomic E-state index is 12.7. The number of hydrogen-bond acceptors (Lipinski definition) is 5. The molecule has 0 aliphatic carbocycles. The number of fused-ring (bicyclic) bond motifs is 3. The molecule has 3 heterocycles. The third-order valence-corrected chi connectivity index (χ3v) is 4.54. The summed E-state index contributed by atoms with van der Waals surface area (Å²) in [6.45, 7) is 1.75. The molecule has 1 fully saturated rings. The van der Waals surface area contributed by atoms with Gasteiger partial charge in [-0.3, -0.25) is 4.79 Å². The van der Waals surface area contributed by atoms with Gasteiger partial charge in [-0.25, -0.2) is 4.68 Å². The molecule has 0 bridgehead atoms. The molecule has 2 aliphatic rings. The summed E-state index contributed by atoms with van der Waals surface area (Å²) in [5, 5.41) is 8.11. The largest absolute Gasteiger partial charge is 0.497 e. The first-order valence-corrected chi connectivity index (χ1v) is 7.70. The van der Waals surface area contributed by atoms with Gasteiger partial charge >= 0.3 is 0 Å². The van der Waals surface area contributed by atoms with E-state index in [-0.39, 0.29) is 18.1 Å². The van der Waals surface area contributed by atoms with Crippen molar-refractivity contribution in [2.75, 3.05) is 20.2 Å². The van der Waals surface area contributed by atoms with Gasteiger partial charge < -0.3 is 14.4 Å². The minimum atomic E-state index is -0.0347. The molecule has 0 N–H and O–H groups in total. The molecule has 1 saturated heterocycles. The lowest BCUT2D eigenvalue weighted by Crippen LogP contribution is -2.50. The minimum absolute atomic E-state index is 0.00957. The van der Waals surface area contributed by atoms with E-state index in [1.807, 2.05) is 27.8 Å². The van der Waals surface area contributed by atoms with Crippen molar-refractivity contribution in [2.24, 2.45) is 0 Å². The SMILES string of the molecule is COc1cccc(C(=O)N2CC[C@H]3[C@H](C2)OCc2cnnn23)c1. The Bertz CT molecular complexity index is 730. The highest BCUT2D eigenvalue weighted by atomic mass is 16.5. The fraction of sp³-hybridized carbons (Fsp3) is 0.438. The fourth-order valence-corrected chi connectivity index (χ4v) is 3.31. The smallest absolute Gasteiger partial charge is 0.254 e. The molecule has 2 atom stereocenters. The number of amides is 1. The van der Waals surface area contributed by atoms with Crippen LogP contribution in [0.2, 0.25) is 0 Å². The van der Waals surface area contributed by atoms with Crippen LogP contribution in [0.4, 0.5) is 0 Å². The second-order valence-electron chi connectivity index (χ2n) is 5.86. The zero-order chi connectivity index (χ0) is 15.8. The summed E-state index contributed by atoms with van der Waals surface area (Å²) in [6.07, 6.45) is 2.52.